The van der Waals surface area contributed by atoms with E-state index in [0.717, 1.165) is 16.3 Å². The van der Waals surface area contributed by atoms with Crippen LogP contribution in [0.4, 0.5) is 11.4 Å². The zero-order valence-electron chi connectivity index (χ0n) is 16.9. The van der Waals surface area contributed by atoms with Gasteiger partial charge in [0.1, 0.15) is 6.10 Å². The number of benzene rings is 1. The largest absolute Gasteiger partial charge is 0.390 e. The minimum atomic E-state index is -0.973. The summed E-state index contributed by atoms with van der Waals surface area (Å²) in [6.45, 7) is 0.470. The highest BCUT2D eigenvalue weighted by Crippen LogP contribution is 2.41. The zero-order valence-corrected chi connectivity index (χ0v) is 18.5. The molecule has 1 fully saturated rings. The number of hydrogen-bond donors (Lipinski definition) is 4. The Balaban J connectivity index is 1.44. The van der Waals surface area contributed by atoms with E-state index in [0.29, 0.717) is 11.7 Å². The van der Waals surface area contributed by atoms with Crippen molar-refractivity contribution < 1.29 is 15.0 Å². The van der Waals surface area contributed by atoms with Crippen molar-refractivity contribution in [1.29, 1.82) is 0 Å². The standard InChI is InChI=1S/C21H26N4O3S2/c1-25(2)13-7-5-12(6-8-13)23-21-24-17-18(27)16(26)10-15(19(17)30-21)20(28)22-11-14-4-3-9-29-14/h3-9,15-19,26-27H,10-11H2,1-2H3,(H,22,28)(H,23,24). The maximum atomic E-state index is 12.9. The lowest BCUT2D eigenvalue weighted by Gasteiger charge is -2.37. The van der Waals surface area contributed by atoms with Crippen molar-refractivity contribution in [3.05, 3.63) is 46.7 Å². The number of thioether (sulfide) groups is 1. The Morgan fingerprint density at radius 1 is 1.23 bits per heavy atom. The van der Waals surface area contributed by atoms with Gasteiger partial charge < -0.3 is 25.7 Å². The third-order valence-corrected chi connectivity index (χ3v) is 7.66. The molecule has 0 saturated heterocycles. The number of aliphatic hydroxyl groups excluding tert-OH is 2. The topological polar surface area (TPSA) is 97.2 Å². The summed E-state index contributed by atoms with van der Waals surface area (Å²) in [6, 6.07) is 11.4. The highest BCUT2D eigenvalue weighted by atomic mass is 32.2. The minimum Gasteiger partial charge on any atom is -0.390 e. The Kier molecular flexibility index (Phi) is 6.33. The number of nitrogens with zero attached hydrogens (tertiary/aromatic N) is 2. The van der Waals surface area contributed by atoms with Crippen molar-refractivity contribution in [3.63, 3.8) is 0 Å². The van der Waals surface area contributed by atoms with Crippen molar-refractivity contribution in [3.8, 4) is 0 Å². The first-order chi connectivity index (χ1) is 14.4. The third kappa shape index (κ3) is 4.49. The van der Waals surface area contributed by atoms with Crippen LogP contribution < -0.4 is 15.5 Å². The molecule has 7 nitrogen and oxygen atoms in total. The summed E-state index contributed by atoms with van der Waals surface area (Å²) < 4.78 is 0. The van der Waals surface area contributed by atoms with Gasteiger partial charge in [0.2, 0.25) is 5.91 Å². The van der Waals surface area contributed by atoms with Crippen molar-refractivity contribution in [2.75, 3.05) is 24.3 Å². The Hall–Kier alpha value is -2.07. The molecule has 1 aromatic heterocycles. The predicted octanol–water partition coefficient (Wildman–Crippen LogP) is 2.12. The quantitative estimate of drug-likeness (QED) is 0.562. The maximum absolute atomic E-state index is 12.9. The van der Waals surface area contributed by atoms with Gasteiger partial charge in [-0.3, -0.25) is 9.79 Å². The Bertz CT molecular complexity index is 901. The molecule has 0 spiro atoms. The molecule has 4 rings (SSSR count). The van der Waals surface area contributed by atoms with E-state index in [9.17, 15) is 15.0 Å². The number of amidine groups is 1. The first kappa shape index (κ1) is 21.2. The number of aliphatic imine (C=N–C) groups is 1. The van der Waals surface area contributed by atoms with Gasteiger partial charge in [-0.25, -0.2) is 0 Å². The molecule has 1 aliphatic carbocycles. The van der Waals surface area contributed by atoms with Crippen LogP contribution in [-0.2, 0) is 11.3 Å². The zero-order chi connectivity index (χ0) is 21.3. The van der Waals surface area contributed by atoms with Crippen LogP contribution in [0.5, 0.6) is 0 Å². The molecule has 30 heavy (non-hydrogen) atoms. The summed E-state index contributed by atoms with van der Waals surface area (Å²) in [6.07, 6.45) is -1.71. The summed E-state index contributed by atoms with van der Waals surface area (Å²) in [7, 11) is 3.97. The first-order valence-corrected chi connectivity index (χ1v) is 11.6. The third-order valence-electron chi connectivity index (χ3n) is 5.48. The number of fused-ring (bicyclic) bond motifs is 1. The van der Waals surface area contributed by atoms with Crippen molar-refractivity contribution in [1.82, 2.24) is 5.32 Å². The molecule has 1 aromatic carbocycles. The highest BCUT2D eigenvalue weighted by molar-refractivity contribution is 8.15. The number of anilines is 2. The van der Waals surface area contributed by atoms with Crippen LogP contribution >= 0.6 is 23.1 Å². The molecule has 1 saturated carbocycles. The Morgan fingerprint density at radius 3 is 2.67 bits per heavy atom. The van der Waals surface area contributed by atoms with E-state index in [-0.39, 0.29) is 17.6 Å². The summed E-state index contributed by atoms with van der Waals surface area (Å²) in [5.41, 5.74) is 1.98. The lowest BCUT2D eigenvalue weighted by molar-refractivity contribution is -0.129. The van der Waals surface area contributed by atoms with E-state index in [1.165, 1.54) is 11.8 Å². The van der Waals surface area contributed by atoms with E-state index < -0.39 is 24.2 Å². The molecule has 5 unspecified atom stereocenters. The van der Waals surface area contributed by atoms with Crippen molar-refractivity contribution in [2.24, 2.45) is 10.9 Å². The number of thiophene rings is 1. The summed E-state index contributed by atoms with van der Waals surface area (Å²) in [4.78, 5) is 20.6. The van der Waals surface area contributed by atoms with Crippen molar-refractivity contribution in [2.45, 2.75) is 36.5 Å². The minimum absolute atomic E-state index is 0.108. The molecular weight excluding hydrogens is 420 g/mol. The number of nitrogens with one attached hydrogen (secondary N) is 2. The van der Waals surface area contributed by atoms with E-state index >= 15 is 0 Å². The van der Waals surface area contributed by atoms with Crippen LogP contribution in [0.2, 0.25) is 0 Å². The van der Waals surface area contributed by atoms with Gasteiger partial charge >= 0.3 is 0 Å². The van der Waals surface area contributed by atoms with Crippen LogP contribution in [-0.4, -0.2) is 58.9 Å². The summed E-state index contributed by atoms with van der Waals surface area (Å²) in [5, 5.41) is 29.5. The second-order valence-electron chi connectivity index (χ2n) is 7.77. The number of carbonyl (C=O) groups excluding carboxylic acids is 1. The molecule has 5 atom stereocenters. The van der Waals surface area contributed by atoms with Gasteiger partial charge in [-0.15, -0.1) is 11.3 Å². The smallest absolute Gasteiger partial charge is 0.224 e. The predicted molar refractivity (Wildman–Crippen MR) is 123 cm³/mol. The number of hydrogen-bond acceptors (Lipinski definition) is 8. The van der Waals surface area contributed by atoms with Gasteiger partial charge in [-0.2, -0.15) is 0 Å². The summed E-state index contributed by atoms with van der Waals surface area (Å²) >= 11 is 3.06. The average Bonchev–Trinajstić information content (AvgIpc) is 3.39. The molecule has 0 bridgehead atoms. The summed E-state index contributed by atoms with van der Waals surface area (Å²) in [5.74, 6) is -0.527. The van der Waals surface area contributed by atoms with E-state index in [2.05, 4.69) is 15.6 Å². The van der Waals surface area contributed by atoms with Gasteiger partial charge in [0.25, 0.3) is 0 Å². The normalized spacial score (nSPS) is 27.9. The second-order valence-corrected chi connectivity index (χ2v) is 9.97. The fraction of sp³-hybridized carbons (Fsp3) is 0.429. The SMILES string of the molecule is CN(C)c1ccc(NC2=NC3C(O)C(O)CC(C(=O)NCc4cccs4)C3S2)cc1. The van der Waals surface area contributed by atoms with Gasteiger partial charge in [-0.05, 0) is 42.1 Å². The maximum Gasteiger partial charge on any atom is 0.224 e. The Labute approximate surface area is 184 Å². The number of carbonyl (C=O) groups is 1. The van der Waals surface area contributed by atoms with Gasteiger partial charge in [0, 0.05) is 35.6 Å². The van der Waals surface area contributed by atoms with Gasteiger partial charge in [0.05, 0.1) is 24.6 Å². The van der Waals surface area contributed by atoms with Gasteiger partial charge in [0.15, 0.2) is 5.17 Å². The molecule has 1 aliphatic heterocycles. The number of amides is 1. The molecule has 4 N–H and O–H groups in total. The number of aliphatic hydroxyl groups is 2. The van der Waals surface area contributed by atoms with E-state index in [1.807, 2.05) is 60.8 Å². The Morgan fingerprint density at radius 2 is 2.00 bits per heavy atom. The molecular formula is C21H26N4O3S2. The van der Waals surface area contributed by atoms with Crippen LogP contribution in [0.15, 0.2) is 46.8 Å². The van der Waals surface area contributed by atoms with E-state index in [4.69, 9.17) is 0 Å². The molecule has 9 heteroatoms. The lowest BCUT2D eigenvalue weighted by atomic mass is 9.81. The second kappa shape index (κ2) is 8.97. The highest BCUT2D eigenvalue weighted by Gasteiger charge is 2.50. The van der Waals surface area contributed by atoms with Crippen molar-refractivity contribution >= 4 is 45.5 Å². The van der Waals surface area contributed by atoms with Crippen LogP contribution in [0.3, 0.4) is 0 Å². The molecule has 0 radical (unpaired) electrons. The molecule has 2 aliphatic rings. The monoisotopic (exact) mass is 446 g/mol. The molecule has 160 valence electrons. The first-order valence-electron chi connectivity index (χ1n) is 9.87. The van der Waals surface area contributed by atoms with Crippen LogP contribution in [0.25, 0.3) is 0 Å². The van der Waals surface area contributed by atoms with Crippen LogP contribution in [0, 0.1) is 5.92 Å². The fourth-order valence-corrected chi connectivity index (χ4v) is 5.81. The van der Waals surface area contributed by atoms with Crippen LogP contribution in [0.1, 0.15) is 11.3 Å². The van der Waals surface area contributed by atoms with E-state index in [1.54, 1.807) is 11.3 Å². The molecule has 2 aromatic rings. The lowest BCUT2D eigenvalue weighted by Crippen LogP contribution is -2.53. The van der Waals surface area contributed by atoms with Gasteiger partial charge in [-0.1, -0.05) is 17.8 Å². The average molecular weight is 447 g/mol. The molecule has 2 heterocycles. The molecule has 1 amide bonds. The number of rotatable bonds is 5. The fourth-order valence-electron chi connectivity index (χ4n) is 3.79.